The fraction of sp³-hybridized carbons (Fsp3) is 0.833. The predicted molar refractivity (Wildman–Crippen MR) is 107 cm³/mol. The number of fused-ring (bicyclic) bond motifs is 5. The molecule has 8 unspecified atom stereocenters. The molecular formula is C24H36O4. The van der Waals surface area contributed by atoms with E-state index in [0.29, 0.717) is 17.8 Å². The number of ether oxygens (including phenoxy) is 1. The molecule has 28 heavy (non-hydrogen) atoms. The van der Waals surface area contributed by atoms with Crippen molar-refractivity contribution in [3.63, 3.8) is 0 Å². The van der Waals surface area contributed by atoms with Crippen LogP contribution in [0.25, 0.3) is 0 Å². The van der Waals surface area contributed by atoms with Crippen LogP contribution in [-0.4, -0.2) is 28.6 Å². The number of carbonyl (C=O) groups excluding carboxylic acids is 2. The van der Waals surface area contributed by atoms with Gasteiger partial charge in [-0.1, -0.05) is 32.4 Å². The average molecular weight is 389 g/mol. The van der Waals surface area contributed by atoms with Gasteiger partial charge in [-0.15, -0.1) is 0 Å². The van der Waals surface area contributed by atoms with Crippen molar-refractivity contribution in [2.45, 2.75) is 91.3 Å². The number of esters is 1. The summed E-state index contributed by atoms with van der Waals surface area (Å²) in [7, 11) is 0. The topological polar surface area (TPSA) is 63.6 Å². The molecule has 0 aromatic heterocycles. The van der Waals surface area contributed by atoms with E-state index >= 15 is 0 Å². The highest BCUT2D eigenvalue weighted by Crippen LogP contribution is 2.68. The molecule has 0 amide bonds. The van der Waals surface area contributed by atoms with E-state index in [9.17, 15) is 14.7 Å². The third-order valence-electron chi connectivity index (χ3n) is 9.51. The molecular weight excluding hydrogens is 352 g/mol. The molecule has 156 valence electrons. The molecule has 0 bridgehead atoms. The van der Waals surface area contributed by atoms with Gasteiger partial charge in [0.25, 0.3) is 0 Å². The van der Waals surface area contributed by atoms with Gasteiger partial charge in [-0.2, -0.15) is 0 Å². The van der Waals surface area contributed by atoms with Crippen molar-refractivity contribution in [2.24, 2.45) is 34.5 Å². The second kappa shape index (κ2) is 6.42. The summed E-state index contributed by atoms with van der Waals surface area (Å²) < 4.78 is 5.52. The molecule has 4 aliphatic carbocycles. The highest BCUT2D eigenvalue weighted by atomic mass is 16.5. The number of hydrogen-bond donors (Lipinski definition) is 1. The van der Waals surface area contributed by atoms with Gasteiger partial charge < -0.3 is 9.84 Å². The van der Waals surface area contributed by atoms with Crippen LogP contribution in [0.2, 0.25) is 0 Å². The first-order valence-corrected chi connectivity index (χ1v) is 11.1. The highest BCUT2D eigenvalue weighted by Gasteiger charge is 2.67. The Bertz CT molecular complexity index is 726. The van der Waals surface area contributed by atoms with Gasteiger partial charge in [0.2, 0.25) is 0 Å². The van der Waals surface area contributed by atoms with Crippen LogP contribution >= 0.6 is 0 Å². The van der Waals surface area contributed by atoms with Crippen LogP contribution in [0.15, 0.2) is 11.6 Å². The van der Waals surface area contributed by atoms with E-state index in [0.717, 1.165) is 44.9 Å². The number of allylic oxidation sites excluding steroid dienone is 1. The number of hydrogen-bond acceptors (Lipinski definition) is 4. The Balaban J connectivity index is 1.64. The highest BCUT2D eigenvalue weighted by molar-refractivity contribution is 5.86. The summed E-state index contributed by atoms with van der Waals surface area (Å²) in [5.41, 5.74) is 0.153. The van der Waals surface area contributed by atoms with Gasteiger partial charge in [0.15, 0.2) is 5.78 Å². The number of ketones is 1. The fourth-order valence-electron chi connectivity index (χ4n) is 8.05. The van der Waals surface area contributed by atoms with Crippen LogP contribution < -0.4 is 0 Å². The quantitative estimate of drug-likeness (QED) is 0.561. The zero-order valence-electron chi connectivity index (χ0n) is 18.1. The summed E-state index contributed by atoms with van der Waals surface area (Å²) >= 11 is 0. The molecule has 4 aliphatic rings. The Hall–Kier alpha value is -1.16. The van der Waals surface area contributed by atoms with E-state index in [2.05, 4.69) is 26.8 Å². The summed E-state index contributed by atoms with van der Waals surface area (Å²) in [6.07, 6.45) is 9.29. The lowest BCUT2D eigenvalue weighted by Crippen LogP contribution is -2.58. The summed E-state index contributed by atoms with van der Waals surface area (Å²) in [4.78, 5) is 23.9. The molecule has 0 spiro atoms. The minimum Gasteiger partial charge on any atom is -0.462 e. The normalized spacial score (nSPS) is 50.1. The summed E-state index contributed by atoms with van der Waals surface area (Å²) in [5, 5.41) is 11.5. The van der Waals surface area contributed by atoms with Crippen LogP contribution in [0.5, 0.6) is 0 Å². The maximum Gasteiger partial charge on any atom is 0.302 e. The first kappa shape index (κ1) is 20.1. The molecule has 1 N–H and O–H groups in total. The van der Waals surface area contributed by atoms with Gasteiger partial charge in [0.1, 0.15) is 11.7 Å². The van der Waals surface area contributed by atoms with Crippen LogP contribution in [0.4, 0.5) is 0 Å². The van der Waals surface area contributed by atoms with E-state index in [-0.39, 0.29) is 34.6 Å². The molecule has 0 aliphatic heterocycles. The zero-order chi connectivity index (χ0) is 20.5. The van der Waals surface area contributed by atoms with Crippen molar-refractivity contribution in [3.05, 3.63) is 11.6 Å². The minimum absolute atomic E-state index is 0.0246. The van der Waals surface area contributed by atoms with E-state index in [4.69, 9.17) is 4.74 Å². The van der Waals surface area contributed by atoms with Gasteiger partial charge in [0, 0.05) is 18.8 Å². The average Bonchev–Trinajstić information content (AvgIpc) is 2.83. The third kappa shape index (κ3) is 2.52. The Labute approximate surface area is 169 Å². The molecule has 4 rings (SSSR count). The Kier molecular flexibility index (Phi) is 4.61. The lowest BCUT2D eigenvalue weighted by Gasteiger charge is -2.58. The first-order chi connectivity index (χ1) is 13.0. The summed E-state index contributed by atoms with van der Waals surface area (Å²) in [6.45, 7) is 9.73. The standard InChI is InChI=1S/C24H36O4/c1-14-12-21-19-7-6-17-13-18(28-16(3)26)8-10-22(17,4)20(19)9-11-23(21,5)24(14,27)15(2)25/h6,14,18-21,27H,7-13H2,1-5H3. The molecule has 0 radical (unpaired) electrons. The molecule has 3 fully saturated rings. The SMILES string of the molecule is CC(=O)OC1CCC2(C)C(=CCC3C2CCC2(C)C3CC(C)C2(O)C(C)=O)C1. The Morgan fingerprint density at radius 2 is 1.86 bits per heavy atom. The molecule has 0 aromatic carbocycles. The first-order valence-electron chi connectivity index (χ1n) is 11.1. The van der Waals surface area contributed by atoms with Gasteiger partial charge in [-0.05, 0) is 74.5 Å². The van der Waals surface area contributed by atoms with E-state index in [1.807, 2.05) is 0 Å². The van der Waals surface area contributed by atoms with E-state index in [1.54, 1.807) is 6.92 Å². The Morgan fingerprint density at radius 1 is 1.14 bits per heavy atom. The van der Waals surface area contributed by atoms with Crippen molar-refractivity contribution < 1.29 is 19.4 Å². The molecule has 0 saturated heterocycles. The number of Topliss-reactive ketones (excluding diaryl/α,β-unsaturated/α-hetero) is 1. The predicted octanol–water partition coefficient (Wildman–Crippen LogP) is 4.45. The molecule has 4 nitrogen and oxygen atoms in total. The van der Waals surface area contributed by atoms with Gasteiger partial charge in [-0.25, -0.2) is 0 Å². The van der Waals surface area contributed by atoms with Crippen LogP contribution in [0, 0.1) is 34.5 Å². The van der Waals surface area contributed by atoms with Crippen molar-refractivity contribution in [1.82, 2.24) is 0 Å². The molecule has 8 atom stereocenters. The number of carbonyl (C=O) groups is 2. The van der Waals surface area contributed by atoms with E-state index < -0.39 is 5.60 Å². The van der Waals surface area contributed by atoms with Crippen LogP contribution in [0.3, 0.4) is 0 Å². The smallest absolute Gasteiger partial charge is 0.302 e. The van der Waals surface area contributed by atoms with Crippen molar-refractivity contribution in [3.8, 4) is 0 Å². The maximum absolute atomic E-state index is 12.5. The van der Waals surface area contributed by atoms with Crippen molar-refractivity contribution in [1.29, 1.82) is 0 Å². The molecule has 3 saturated carbocycles. The second-order valence-electron chi connectivity index (χ2n) is 10.6. The largest absolute Gasteiger partial charge is 0.462 e. The van der Waals surface area contributed by atoms with Crippen molar-refractivity contribution in [2.75, 3.05) is 0 Å². The molecule has 4 heteroatoms. The van der Waals surface area contributed by atoms with Crippen molar-refractivity contribution >= 4 is 11.8 Å². The summed E-state index contributed by atoms with van der Waals surface area (Å²) in [6, 6.07) is 0. The lowest BCUT2D eigenvalue weighted by atomic mass is 9.46. The number of rotatable bonds is 2. The van der Waals surface area contributed by atoms with Gasteiger partial charge in [0.05, 0.1) is 0 Å². The van der Waals surface area contributed by atoms with Crippen LogP contribution in [-0.2, 0) is 14.3 Å². The number of aliphatic hydroxyl groups is 1. The Morgan fingerprint density at radius 3 is 2.50 bits per heavy atom. The van der Waals surface area contributed by atoms with Gasteiger partial charge in [-0.3, -0.25) is 9.59 Å². The lowest BCUT2D eigenvalue weighted by molar-refractivity contribution is -0.165. The second-order valence-corrected chi connectivity index (χ2v) is 10.6. The zero-order valence-corrected chi connectivity index (χ0v) is 18.1. The maximum atomic E-state index is 12.5. The fourth-order valence-corrected chi connectivity index (χ4v) is 8.05. The van der Waals surface area contributed by atoms with Crippen LogP contribution in [0.1, 0.15) is 79.6 Å². The van der Waals surface area contributed by atoms with E-state index in [1.165, 1.54) is 12.5 Å². The minimum atomic E-state index is -1.18. The molecule has 0 aromatic rings. The monoisotopic (exact) mass is 388 g/mol. The van der Waals surface area contributed by atoms with Gasteiger partial charge >= 0.3 is 5.97 Å². The summed E-state index contributed by atoms with van der Waals surface area (Å²) in [5.74, 6) is 1.33. The third-order valence-corrected chi connectivity index (χ3v) is 9.51. The molecule has 0 heterocycles.